The number of hydrogen-bond acceptors (Lipinski definition) is 4. The average Bonchev–Trinajstić information content (AvgIpc) is 2.87. The maximum atomic E-state index is 8.02. The zero-order valence-electron chi connectivity index (χ0n) is 11.6. The van der Waals surface area contributed by atoms with Gasteiger partial charge in [0.2, 0.25) is 0 Å². The molecule has 1 aromatic rings. The summed E-state index contributed by atoms with van der Waals surface area (Å²) in [6.07, 6.45) is 4.14. The van der Waals surface area contributed by atoms with Gasteiger partial charge in [0.25, 0.3) is 0 Å². The van der Waals surface area contributed by atoms with Crippen LogP contribution in [0.15, 0.2) is 17.1 Å². The van der Waals surface area contributed by atoms with E-state index in [1.165, 1.54) is 0 Å². The van der Waals surface area contributed by atoms with Crippen molar-refractivity contribution in [2.45, 2.75) is 13.3 Å². The molecule has 4 N–H and O–H groups in total. The molecule has 1 aliphatic rings. The maximum absolute atomic E-state index is 8.02. The predicted molar refractivity (Wildman–Crippen MR) is 79.3 cm³/mol. The molecule has 0 amide bonds. The normalized spacial score (nSPS) is 16.9. The number of nitrogens with zero attached hydrogens (tertiary/aromatic N) is 3. The monoisotopic (exact) mass is 276 g/mol. The third kappa shape index (κ3) is 3.92. The van der Waals surface area contributed by atoms with Crippen molar-refractivity contribution in [3.05, 3.63) is 17.8 Å². The number of aliphatic imine (C=N–C) groups is 1. The van der Waals surface area contributed by atoms with Gasteiger partial charge >= 0.3 is 0 Å². The van der Waals surface area contributed by atoms with Gasteiger partial charge in [0.1, 0.15) is 11.7 Å². The first-order chi connectivity index (χ1) is 9.69. The molecule has 7 heteroatoms. The van der Waals surface area contributed by atoms with Crippen LogP contribution < -0.4 is 5.73 Å². The summed E-state index contributed by atoms with van der Waals surface area (Å²) in [4.78, 5) is 6.18. The highest BCUT2D eigenvalue weighted by Crippen LogP contribution is 2.11. The molecule has 1 aromatic heterocycles. The van der Waals surface area contributed by atoms with Crippen LogP contribution in [0.25, 0.3) is 6.08 Å². The average molecular weight is 276 g/mol. The lowest BCUT2D eigenvalue weighted by Gasteiger charge is -2.28. The summed E-state index contributed by atoms with van der Waals surface area (Å²) in [5.74, 6) is 1.39. The number of morpholine rings is 1. The van der Waals surface area contributed by atoms with E-state index in [0.717, 1.165) is 18.8 Å². The Hall–Kier alpha value is -2.15. The van der Waals surface area contributed by atoms with E-state index in [4.69, 9.17) is 15.9 Å². The molecule has 1 saturated heterocycles. The van der Waals surface area contributed by atoms with Crippen molar-refractivity contribution < 1.29 is 4.74 Å². The van der Waals surface area contributed by atoms with E-state index in [1.54, 1.807) is 0 Å². The van der Waals surface area contributed by atoms with Gasteiger partial charge in [0, 0.05) is 19.2 Å². The summed E-state index contributed by atoms with van der Waals surface area (Å²) in [6, 6.07) is 1.81. The third-order valence-corrected chi connectivity index (χ3v) is 2.93. The number of aromatic nitrogens is 2. The Bertz CT molecular complexity index is 513. The zero-order valence-corrected chi connectivity index (χ0v) is 11.6. The Labute approximate surface area is 118 Å². The fourth-order valence-corrected chi connectivity index (χ4v) is 1.95. The summed E-state index contributed by atoms with van der Waals surface area (Å²) in [5, 5.41) is 14.9. The lowest BCUT2D eigenvalue weighted by Crippen LogP contribution is -2.41. The van der Waals surface area contributed by atoms with Crippen molar-refractivity contribution in [2.24, 2.45) is 10.7 Å². The van der Waals surface area contributed by atoms with Crippen molar-refractivity contribution in [2.75, 3.05) is 26.3 Å². The molecular weight excluding hydrogens is 256 g/mol. The lowest BCUT2D eigenvalue weighted by molar-refractivity contribution is 0.0672. The molecule has 0 saturated carbocycles. The van der Waals surface area contributed by atoms with E-state index in [-0.39, 0.29) is 0 Å². The van der Waals surface area contributed by atoms with E-state index in [1.807, 2.05) is 30.0 Å². The number of hydrogen-bond donors (Lipinski definition) is 3. The van der Waals surface area contributed by atoms with E-state index in [0.29, 0.717) is 37.1 Å². The Morgan fingerprint density at radius 3 is 3.05 bits per heavy atom. The lowest BCUT2D eigenvalue weighted by atomic mass is 10.3. The van der Waals surface area contributed by atoms with Crippen molar-refractivity contribution in [1.82, 2.24) is 15.1 Å². The van der Waals surface area contributed by atoms with Gasteiger partial charge in [-0.3, -0.25) is 10.5 Å². The van der Waals surface area contributed by atoms with E-state index in [9.17, 15) is 0 Å². The van der Waals surface area contributed by atoms with Gasteiger partial charge in [-0.05, 0) is 13.0 Å². The van der Waals surface area contributed by atoms with Crippen molar-refractivity contribution in [1.29, 1.82) is 5.41 Å². The number of rotatable bonds is 4. The molecule has 2 rings (SSSR count). The highest BCUT2D eigenvalue weighted by Gasteiger charge is 2.14. The van der Waals surface area contributed by atoms with Crippen LogP contribution in [-0.4, -0.2) is 53.1 Å². The maximum Gasteiger partial charge on any atom is 0.175 e. The molecule has 7 nitrogen and oxygen atoms in total. The van der Waals surface area contributed by atoms with Crippen LogP contribution in [-0.2, 0) is 4.74 Å². The molecular formula is C13H20N6O. The van der Waals surface area contributed by atoms with Crippen LogP contribution in [0.1, 0.15) is 19.0 Å². The number of H-pyrrole nitrogens is 1. The number of allylic oxidation sites excluding steroid dienone is 1. The Morgan fingerprint density at radius 2 is 2.35 bits per heavy atom. The Morgan fingerprint density at radius 1 is 1.60 bits per heavy atom. The number of nitrogens with one attached hydrogen (secondary N) is 2. The Balaban J connectivity index is 1.93. The second kappa shape index (κ2) is 6.85. The largest absolute Gasteiger partial charge is 0.387 e. The van der Waals surface area contributed by atoms with Gasteiger partial charge in [0.15, 0.2) is 5.82 Å². The molecule has 2 heterocycles. The summed E-state index contributed by atoms with van der Waals surface area (Å²) >= 11 is 0. The van der Waals surface area contributed by atoms with Gasteiger partial charge in [-0.15, -0.1) is 0 Å². The molecule has 20 heavy (non-hydrogen) atoms. The first-order valence-electron chi connectivity index (χ1n) is 6.60. The third-order valence-electron chi connectivity index (χ3n) is 2.93. The predicted octanol–water partition coefficient (Wildman–Crippen LogP) is 1.13. The fraction of sp³-hybridized carbons (Fsp3) is 0.462. The molecule has 1 fully saturated rings. The van der Waals surface area contributed by atoms with Gasteiger partial charge in [-0.1, -0.05) is 6.08 Å². The first-order valence-corrected chi connectivity index (χ1v) is 6.60. The van der Waals surface area contributed by atoms with E-state index < -0.39 is 0 Å². The summed E-state index contributed by atoms with van der Waals surface area (Å²) < 4.78 is 5.26. The summed E-state index contributed by atoms with van der Waals surface area (Å²) in [5.41, 5.74) is 6.75. The van der Waals surface area contributed by atoms with Gasteiger partial charge < -0.3 is 15.4 Å². The smallest absolute Gasteiger partial charge is 0.175 e. The molecule has 1 aliphatic heterocycles. The van der Waals surface area contributed by atoms with Crippen LogP contribution in [0.4, 0.5) is 5.82 Å². The molecule has 0 unspecified atom stereocenters. The minimum absolute atomic E-state index is 0.325. The zero-order chi connectivity index (χ0) is 14.4. The summed E-state index contributed by atoms with van der Waals surface area (Å²) in [7, 11) is 0. The van der Waals surface area contributed by atoms with E-state index in [2.05, 4.69) is 15.2 Å². The molecule has 0 spiro atoms. The number of nitrogens with two attached hydrogens (primary N) is 1. The van der Waals surface area contributed by atoms with Gasteiger partial charge in [-0.25, -0.2) is 4.99 Å². The number of amidine groups is 2. The SMILES string of the molecule is C/C=C/c1cc(N=C(N)CC(=N)N2CCOCC2)n[nH]1. The molecule has 0 bridgehead atoms. The highest BCUT2D eigenvalue weighted by molar-refractivity contribution is 6.01. The fourth-order valence-electron chi connectivity index (χ4n) is 1.95. The molecule has 0 aliphatic carbocycles. The topological polar surface area (TPSA) is 103 Å². The van der Waals surface area contributed by atoms with E-state index >= 15 is 0 Å². The minimum Gasteiger partial charge on any atom is -0.387 e. The Kier molecular flexibility index (Phi) is 4.89. The van der Waals surface area contributed by atoms with Crippen LogP contribution in [0.3, 0.4) is 0 Å². The van der Waals surface area contributed by atoms with Crippen molar-refractivity contribution in [3.8, 4) is 0 Å². The van der Waals surface area contributed by atoms with Gasteiger partial charge in [-0.2, -0.15) is 5.10 Å². The minimum atomic E-state index is 0.325. The quantitative estimate of drug-likeness (QED) is 0.566. The summed E-state index contributed by atoms with van der Waals surface area (Å²) in [6.45, 7) is 4.72. The standard InChI is InChI=1S/C13H20N6O/c1-2-3-10-8-13(18-17-10)16-11(14)9-12(15)19-4-6-20-7-5-19/h2-3,8,15H,4-7,9H2,1H3,(H3,14,16,17,18)/b3-2+,15-12?. The van der Waals surface area contributed by atoms with Crippen LogP contribution in [0.5, 0.6) is 0 Å². The number of ether oxygens (including phenoxy) is 1. The second-order valence-corrected chi connectivity index (χ2v) is 4.51. The van der Waals surface area contributed by atoms with Crippen LogP contribution in [0.2, 0.25) is 0 Å². The highest BCUT2D eigenvalue weighted by atomic mass is 16.5. The van der Waals surface area contributed by atoms with Crippen LogP contribution in [0, 0.1) is 5.41 Å². The second-order valence-electron chi connectivity index (χ2n) is 4.51. The molecule has 108 valence electrons. The van der Waals surface area contributed by atoms with Crippen LogP contribution >= 0.6 is 0 Å². The first kappa shape index (κ1) is 14.3. The molecule has 0 aromatic carbocycles. The molecule has 0 radical (unpaired) electrons. The van der Waals surface area contributed by atoms with Crippen molar-refractivity contribution in [3.63, 3.8) is 0 Å². The van der Waals surface area contributed by atoms with Crippen molar-refractivity contribution >= 4 is 23.6 Å². The van der Waals surface area contributed by atoms with Gasteiger partial charge in [0.05, 0.1) is 25.3 Å². The number of aromatic amines is 1. The molecule has 0 atom stereocenters.